The molecule has 1 saturated heterocycles. The van der Waals surface area contributed by atoms with Crippen molar-refractivity contribution < 1.29 is 9.59 Å². The largest absolute Gasteiger partial charge is 0.368 e. The van der Waals surface area contributed by atoms with Gasteiger partial charge in [0.05, 0.1) is 0 Å². The van der Waals surface area contributed by atoms with E-state index in [-0.39, 0.29) is 5.91 Å². The molecule has 0 radical (unpaired) electrons. The summed E-state index contributed by atoms with van der Waals surface area (Å²) in [7, 11) is 0. The summed E-state index contributed by atoms with van der Waals surface area (Å²) in [6.45, 7) is 4.98. The van der Waals surface area contributed by atoms with Gasteiger partial charge in [0, 0.05) is 43.0 Å². The van der Waals surface area contributed by atoms with Crippen LogP contribution in [0.25, 0.3) is 0 Å². The van der Waals surface area contributed by atoms with Crippen LogP contribution in [0.15, 0.2) is 48.5 Å². The molecule has 2 aromatic rings. The first-order valence-electron chi connectivity index (χ1n) is 7.84. The van der Waals surface area contributed by atoms with Gasteiger partial charge in [0.15, 0.2) is 0 Å². The molecule has 0 spiro atoms. The SMILES string of the molecule is Cc1cc(N2CCN(C(=O)c3ccccc3)CC2)ccc1C=O. The lowest BCUT2D eigenvalue weighted by Crippen LogP contribution is -2.48. The monoisotopic (exact) mass is 308 g/mol. The normalized spacial score (nSPS) is 14.7. The molecule has 118 valence electrons. The van der Waals surface area contributed by atoms with E-state index >= 15 is 0 Å². The summed E-state index contributed by atoms with van der Waals surface area (Å²) < 4.78 is 0. The van der Waals surface area contributed by atoms with Crippen LogP contribution >= 0.6 is 0 Å². The fraction of sp³-hybridized carbons (Fsp3) is 0.263. The van der Waals surface area contributed by atoms with Crippen molar-refractivity contribution in [3.05, 3.63) is 65.2 Å². The van der Waals surface area contributed by atoms with Crippen LogP contribution in [-0.4, -0.2) is 43.3 Å². The molecular weight excluding hydrogens is 288 g/mol. The average Bonchev–Trinajstić information content (AvgIpc) is 2.62. The minimum absolute atomic E-state index is 0.0951. The number of carbonyl (C=O) groups excluding carboxylic acids is 2. The van der Waals surface area contributed by atoms with Crippen molar-refractivity contribution in [2.45, 2.75) is 6.92 Å². The standard InChI is InChI=1S/C19H20N2O2/c1-15-13-18(8-7-17(15)14-22)20-9-11-21(12-10-20)19(23)16-5-3-2-4-6-16/h2-8,13-14H,9-12H2,1H3. The number of anilines is 1. The van der Waals surface area contributed by atoms with Gasteiger partial charge in [-0.15, -0.1) is 0 Å². The zero-order valence-electron chi connectivity index (χ0n) is 13.2. The quantitative estimate of drug-likeness (QED) is 0.819. The maximum absolute atomic E-state index is 12.4. The minimum atomic E-state index is 0.0951. The molecule has 1 aliphatic rings. The van der Waals surface area contributed by atoms with Crippen molar-refractivity contribution in [3.63, 3.8) is 0 Å². The van der Waals surface area contributed by atoms with E-state index in [1.165, 1.54) is 0 Å². The van der Waals surface area contributed by atoms with E-state index in [4.69, 9.17) is 0 Å². The van der Waals surface area contributed by atoms with Crippen LogP contribution < -0.4 is 4.90 Å². The number of rotatable bonds is 3. The van der Waals surface area contributed by atoms with Gasteiger partial charge >= 0.3 is 0 Å². The van der Waals surface area contributed by atoms with E-state index in [1.54, 1.807) is 0 Å². The molecule has 1 aliphatic heterocycles. The van der Waals surface area contributed by atoms with Gasteiger partial charge in [0.2, 0.25) is 0 Å². The third-order valence-corrected chi connectivity index (χ3v) is 4.33. The van der Waals surface area contributed by atoms with Crippen molar-refractivity contribution >= 4 is 17.9 Å². The molecular formula is C19H20N2O2. The highest BCUT2D eigenvalue weighted by atomic mass is 16.2. The summed E-state index contributed by atoms with van der Waals surface area (Å²) in [6, 6.07) is 15.3. The van der Waals surface area contributed by atoms with E-state index in [1.807, 2.05) is 60.4 Å². The number of aldehydes is 1. The van der Waals surface area contributed by atoms with E-state index in [2.05, 4.69) is 4.90 Å². The topological polar surface area (TPSA) is 40.6 Å². The van der Waals surface area contributed by atoms with E-state index in [0.29, 0.717) is 13.1 Å². The molecule has 2 aromatic carbocycles. The maximum atomic E-state index is 12.4. The van der Waals surface area contributed by atoms with Gasteiger partial charge < -0.3 is 9.80 Å². The Kier molecular flexibility index (Phi) is 4.42. The zero-order chi connectivity index (χ0) is 16.2. The number of carbonyl (C=O) groups is 2. The number of nitrogens with zero attached hydrogens (tertiary/aromatic N) is 2. The molecule has 0 atom stereocenters. The van der Waals surface area contributed by atoms with Crippen LogP contribution in [0, 0.1) is 6.92 Å². The van der Waals surface area contributed by atoms with Gasteiger partial charge in [-0.1, -0.05) is 18.2 Å². The first-order valence-corrected chi connectivity index (χ1v) is 7.84. The number of benzene rings is 2. The first kappa shape index (κ1) is 15.3. The predicted octanol–water partition coefficient (Wildman–Crippen LogP) is 2.77. The summed E-state index contributed by atoms with van der Waals surface area (Å²) in [5, 5.41) is 0. The highest BCUT2D eigenvalue weighted by molar-refractivity contribution is 5.94. The van der Waals surface area contributed by atoms with Crippen LogP contribution in [0.4, 0.5) is 5.69 Å². The van der Waals surface area contributed by atoms with Gasteiger partial charge in [-0.3, -0.25) is 9.59 Å². The molecule has 0 aliphatic carbocycles. The molecule has 0 N–H and O–H groups in total. The third kappa shape index (κ3) is 3.26. The van der Waals surface area contributed by atoms with Crippen molar-refractivity contribution in [2.24, 2.45) is 0 Å². The molecule has 0 unspecified atom stereocenters. The highest BCUT2D eigenvalue weighted by Crippen LogP contribution is 2.20. The average molecular weight is 308 g/mol. The third-order valence-electron chi connectivity index (χ3n) is 4.33. The number of hydrogen-bond acceptors (Lipinski definition) is 3. The van der Waals surface area contributed by atoms with Crippen LogP contribution in [0.1, 0.15) is 26.3 Å². The van der Waals surface area contributed by atoms with Crippen molar-refractivity contribution in [2.75, 3.05) is 31.1 Å². The fourth-order valence-electron chi connectivity index (χ4n) is 2.92. The molecule has 0 bridgehead atoms. The van der Waals surface area contributed by atoms with E-state index in [0.717, 1.165) is 41.8 Å². The number of amides is 1. The lowest BCUT2D eigenvalue weighted by atomic mass is 10.1. The minimum Gasteiger partial charge on any atom is -0.368 e. The summed E-state index contributed by atoms with van der Waals surface area (Å²) in [6.07, 6.45) is 0.885. The van der Waals surface area contributed by atoms with Crippen LogP contribution in [0.3, 0.4) is 0 Å². The molecule has 23 heavy (non-hydrogen) atoms. The van der Waals surface area contributed by atoms with Gasteiger partial charge in [0.1, 0.15) is 6.29 Å². The van der Waals surface area contributed by atoms with Gasteiger partial charge in [-0.25, -0.2) is 0 Å². The number of piperazine rings is 1. The molecule has 1 fully saturated rings. The summed E-state index contributed by atoms with van der Waals surface area (Å²) >= 11 is 0. The highest BCUT2D eigenvalue weighted by Gasteiger charge is 2.22. The molecule has 3 rings (SSSR count). The van der Waals surface area contributed by atoms with Gasteiger partial charge in [-0.05, 0) is 42.8 Å². The summed E-state index contributed by atoms with van der Waals surface area (Å²) in [4.78, 5) is 27.5. The van der Waals surface area contributed by atoms with Gasteiger partial charge in [-0.2, -0.15) is 0 Å². The summed E-state index contributed by atoms with van der Waals surface area (Å²) in [5.41, 5.74) is 3.57. The second-order valence-electron chi connectivity index (χ2n) is 5.80. The summed E-state index contributed by atoms with van der Waals surface area (Å²) in [5.74, 6) is 0.0951. The van der Waals surface area contributed by atoms with Crippen LogP contribution in [0.2, 0.25) is 0 Å². The Morgan fingerprint density at radius 2 is 1.70 bits per heavy atom. The van der Waals surface area contributed by atoms with Gasteiger partial charge in [0.25, 0.3) is 5.91 Å². The fourth-order valence-corrected chi connectivity index (χ4v) is 2.92. The predicted molar refractivity (Wildman–Crippen MR) is 91.1 cm³/mol. The van der Waals surface area contributed by atoms with Crippen LogP contribution in [-0.2, 0) is 0 Å². The zero-order valence-corrected chi connectivity index (χ0v) is 13.2. The molecule has 0 saturated carbocycles. The second kappa shape index (κ2) is 6.65. The number of aryl methyl sites for hydroxylation is 1. The van der Waals surface area contributed by atoms with Crippen LogP contribution in [0.5, 0.6) is 0 Å². The van der Waals surface area contributed by atoms with Crippen molar-refractivity contribution in [1.29, 1.82) is 0 Å². The van der Waals surface area contributed by atoms with E-state index < -0.39 is 0 Å². The Morgan fingerprint density at radius 1 is 1.00 bits per heavy atom. The molecule has 4 heteroatoms. The number of hydrogen-bond donors (Lipinski definition) is 0. The molecule has 1 heterocycles. The van der Waals surface area contributed by atoms with Crippen molar-refractivity contribution in [1.82, 2.24) is 4.90 Å². The smallest absolute Gasteiger partial charge is 0.253 e. The Morgan fingerprint density at radius 3 is 2.30 bits per heavy atom. The molecule has 0 aromatic heterocycles. The lowest BCUT2D eigenvalue weighted by Gasteiger charge is -2.36. The molecule has 1 amide bonds. The Labute approximate surface area is 136 Å². The Bertz CT molecular complexity index is 705. The Balaban J connectivity index is 1.65. The maximum Gasteiger partial charge on any atom is 0.253 e. The first-order chi connectivity index (χ1) is 11.2. The Hall–Kier alpha value is -2.62. The lowest BCUT2D eigenvalue weighted by molar-refractivity contribution is 0.0746. The van der Waals surface area contributed by atoms with Crippen molar-refractivity contribution in [3.8, 4) is 0 Å². The molecule has 4 nitrogen and oxygen atoms in total. The van der Waals surface area contributed by atoms with E-state index in [9.17, 15) is 9.59 Å². The second-order valence-corrected chi connectivity index (χ2v) is 5.80.